The molecule has 1 aromatic heterocycles. The van der Waals surface area contributed by atoms with Gasteiger partial charge in [0.25, 0.3) is 0 Å². The van der Waals surface area contributed by atoms with Crippen molar-refractivity contribution in [2.24, 2.45) is 0 Å². The Kier molecular flexibility index (Phi) is 4.11. The predicted molar refractivity (Wildman–Crippen MR) is 72.0 cm³/mol. The monoisotopic (exact) mass is 322 g/mol. The first-order valence-electron chi connectivity index (χ1n) is 5.58. The first kappa shape index (κ1) is 13.5. The Labute approximate surface area is 118 Å². The summed E-state index contributed by atoms with van der Waals surface area (Å²) >= 11 is 3.28. The third kappa shape index (κ3) is 3.29. The predicted octanol–water partition coefficient (Wildman–Crippen LogP) is 2.54. The molecule has 0 aliphatic carbocycles. The first-order valence-corrected chi connectivity index (χ1v) is 6.38. The lowest BCUT2D eigenvalue weighted by Crippen LogP contribution is -2.22. The van der Waals surface area contributed by atoms with Crippen LogP contribution >= 0.6 is 15.9 Å². The molecular weight excluding hydrogens is 312 g/mol. The van der Waals surface area contributed by atoms with Gasteiger partial charge in [0, 0.05) is 28.9 Å². The molecule has 0 unspecified atom stereocenters. The highest BCUT2D eigenvalue weighted by molar-refractivity contribution is 9.10. The Hall–Kier alpha value is -1.95. The Morgan fingerprint density at radius 1 is 1.32 bits per heavy atom. The number of halogens is 1. The SMILES string of the molecule is O=C(C[C@@H](C(=O)O)n1cccn1)c1ccc(Br)cc1. The molecule has 1 atom stereocenters. The van der Waals surface area contributed by atoms with Crippen molar-refractivity contribution in [1.82, 2.24) is 9.78 Å². The standard InChI is InChI=1S/C13H11BrN2O3/c14-10-4-2-9(3-5-10)12(17)8-11(13(18)19)16-7-1-6-15-16/h1-7,11H,8H2,(H,18,19)/t11-/m0/s1. The molecule has 0 radical (unpaired) electrons. The van der Waals surface area contributed by atoms with Gasteiger partial charge in [0.05, 0.1) is 0 Å². The van der Waals surface area contributed by atoms with Crippen LogP contribution in [0.1, 0.15) is 22.8 Å². The van der Waals surface area contributed by atoms with E-state index in [0.717, 1.165) is 4.47 Å². The van der Waals surface area contributed by atoms with Gasteiger partial charge in [0.15, 0.2) is 11.8 Å². The fourth-order valence-corrected chi connectivity index (χ4v) is 1.95. The molecule has 2 aromatic rings. The molecule has 0 fully saturated rings. The van der Waals surface area contributed by atoms with Crippen molar-refractivity contribution >= 4 is 27.7 Å². The van der Waals surface area contributed by atoms with E-state index in [1.54, 1.807) is 30.3 Å². The molecule has 2 rings (SSSR count). The number of carboxylic acid groups (broad SMARTS) is 1. The summed E-state index contributed by atoms with van der Waals surface area (Å²) in [7, 11) is 0. The summed E-state index contributed by atoms with van der Waals surface area (Å²) in [5.74, 6) is -1.30. The molecule has 0 saturated heterocycles. The van der Waals surface area contributed by atoms with Gasteiger partial charge in [-0.25, -0.2) is 4.79 Å². The van der Waals surface area contributed by atoms with Crippen molar-refractivity contribution in [1.29, 1.82) is 0 Å². The fourth-order valence-electron chi connectivity index (χ4n) is 1.69. The summed E-state index contributed by atoms with van der Waals surface area (Å²) in [6.45, 7) is 0. The maximum atomic E-state index is 12.0. The van der Waals surface area contributed by atoms with E-state index in [2.05, 4.69) is 21.0 Å². The molecule has 0 bridgehead atoms. The van der Waals surface area contributed by atoms with Gasteiger partial charge in [0.2, 0.25) is 0 Å². The van der Waals surface area contributed by atoms with E-state index in [1.807, 2.05) is 0 Å². The number of aliphatic carboxylic acids is 1. The van der Waals surface area contributed by atoms with E-state index < -0.39 is 12.0 Å². The van der Waals surface area contributed by atoms with Gasteiger partial charge in [-0.3, -0.25) is 9.48 Å². The maximum Gasteiger partial charge on any atom is 0.328 e. The number of carbonyl (C=O) groups excluding carboxylic acids is 1. The zero-order chi connectivity index (χ0) is 13.8. The minimum absolute atomic E-state index is 0.126. The number of ketones is 1. The zero-order valence-corrected chi connectivity index (χ0v) is 11.4. The second kappa shape index (κ2) is 5.79. The van der Waals surface area contributed by atoms with Crippen LogP contribution in [0.4, 0.5) is 0 Å². The average Bonchev–Trinajstić information content (AvgIpc) is 2.89. The minimum atomic E-state index is -1.07. The Morgan fingerprint density at radius 2 is 2.00 bits per heavy atom. The number of aromatic nitrogens is 2. The minimum Gasteiger partial charge on any atom is -0.480 e. The number of benzene rings is 1. The number of rotatable bonds is 5. The van der Waals surface area contributed by atoms with Crippen LogP contribution in [0.15, 0.2) is 47.2 Å². The number of hydrogen-bond donors (Lipinski definition) is 1. The smallest absolute Gasteiger partial charge is 0.328 e. The molecule has 19 heavy (non-hydrogen) atoms. The van der Waals surface area contributed by atoms with Crippen molar-refractivity contribution in [2.75, 3.05) is 0 Å². The van der Waals surface area contributed by atoms with Gasteiger partial charge < -0.3 is 5.11 Å². The highest BCUT2D eigenvalue weighted by Gasteiger charge is 2.23. The summed E-state index contributed by atoms with van der Waals surface area (Å²) in [4.78, 5) is 23.2. The van der Waals surface area contributed by atoms with E-state index >= 15 is 0 Å². The van der Waals surface area contributed by atoms with E-state index in [0.29, 0.717) is 5.56 Å². The Morgan fingerprint density at radius 3 is 2.53 bits per heavy atom. The summed E-state index contributed by atoms with van der Waals surface area (Å²) in [6.07, 6.45) is 2.90. The lowest BCUT2D eigenvalue weighted by atomic mass is 10.0. The molecule has 1 heterocycles. The Balaban J connectivity index is 2.16. The van der Waals surface area contributed by atoms with Gasteiger partial charge in [-0.1, -0.05) is 28.1 Å². The van der Waals surface area contributed by atoms with Crippen LogP contribution in [0.2, 0.25) is 0 Å². The third-order valence-electron chi connectivity index (χ3n) is 2.67. The van der Waals surface area contributed by atoms with Crippen molar-refractivity contribution in [3.63, 3.8) is 0 Å². The van der Waals surface area contributed by atoms with Crippen LogP contribution in [0.25, 0.3) is 0 Å². The number of nitrogens with zero attached hydrogens (tertiary/aromatic N) is 2. The van der Waals surface area contributed by atoms with Gasteiger partial charge in [0.1, 0.15) is 0 Å². The zero-order valence-electron chi connectivity index (χ0n) is 9.86. The van der Waals surface area contributed by atoms with E-state index in [9.17, 15) is 9.59 Å². The van der Waals surface area contributed by atoms with E-state index in [4.69, 9.17) is 5.11 Å². The van der Waals surface area contributed by atoms with E-state index in [-0.39, 0.29) is 12.2 Å². The lowest BCUT2D eigenvalue weighted by Gasteiger charge is -2.12. The molecule has 5 nitrogen and oxygen atoms in total. The fraction of sp³-hybridized carbons (Fsp3) is 0.154. The van der Waals surface area contributed by atoms with Gasteiger partial charge >= 0.3 is 5.97 Å². The topological polar surface area (TPSA) is 72.2 Å². The van der Waals surface area contributed by atoms with Crippen molar-refractivity contribution in [2.45, 2.75) is 12.5 Å². The van der Waals surface area contributed by atoms with Gasteiger partial charge in [-0.2, -0.15) is 5.10 Å². The molecule has 1 N–H and O–H groups in total. The van der Waals surface area contributed by atoms with Gasteiger partial charge in [-0.05, 0) is 18.2 Å². The number of carboxylic acids is 1. The van der Waals surface area contributed by atoms with Crippen LogP contribution in [-0.2, 0) is 4.79 Å². The molecule has 6 heteroatoms. The normalized spacial score (nSPS) is 12.1. The maximum absolute atomic E-state index is 12.0. The summed E-state index contributed by atoms with van der Waals surface area (Å²) in [5, 5.41) is 13.0. The molecule has 0 aliphatic rings. The molecule has 0 spiro atoms. The highest BCUT2D eigenvalue weighted by Crippen LogP contribution is 2.17. The van der Waals surface area contributed by atoms with Crippen molar-refractivity contribution in [3.05, 3.63) is 52.8 Å². The van der Waals surface area contributed by atoms with Crippen LogP contribution in [0.3, 0.4) is 0 Å². The average molecular weight is 323 g/mol. The summed E-state index contributed by atoms with van der Waals surface area (Å²) < 4.78 is 2.14. The molecule has 98 valence electrons. The Bertz CT molecular complexity index is 578. The second-order valence-corrected chi connectivity index (χ2v) is 4.89. The lowest BCUT2D eigenvalue weighted by molar-refractivity contribution is -0.141. The van der Waals surface area contributed by atoms with Crippen molar-refractivity contribution in [3.8, 4) is 0 Å². The van der Waals surface area contributed by atoms with E-state index in [1.165, 1.54) is 17.1 Å². The van der Waals surface area contributed by atoms with Crippen molar-refractivity contribution < 1.29 is 14.7 Å². The molecular formula is C13H11BrN2O3. The quantitative estimate of drug-likeness (QED) is 0.858. The largest absolute Gasteiger partial charge is 0.480 e. The highest BCUT2D eigenvalue weighted by atomic mass is 79.9. The van der Waals surface area contributed by atoms with Crippen LogP contribution in [0.5, 0.6) is 0 Å². The number of hydrogen-bond acceptors (Lipinski definition) is 3. The van der Waals surface area contributed by atoms with Crippen LogP contribution in [0, 0.1) is 0 Å². The van der Waals surface area contributed by atoms with Crippen LogP contribution in [-0.4, -0.2) is 26.6 Å². The first-order chi connectivity index (χ1) is 9.08. The molecule has 0 saturated carbocycles. The number of carbonyl (C=O) groups is 2. The molecule has 1 aromatic carbocycles. The number of Topliss-reactive ketones (excluding diaryl/α,β-unsaturated/α-hetero) is 1. The third-order valence-corrected chi connectivity index (χ3v) is 3.20. The van der Waals surface area contributed by atoms with Gasteiger partial charge in [-0.15, -0.1) is 0 Å². The summed E-state index contributed by atoms with van der Waals surface area (Å²) in [5.41, 5.74) is 0.488. The molecule has 0 amide bonds. The van der Waals surface area contributed by atoms with Crippen LogP contribution < -0.4 is 0 Å². The summed E-state index contributed by atoms with van der Waals surface area (Å²) in [6, 6.07) is 7.46. The molecule has 0 aliphatic heterocycles. The second-order valence-electron chi connectivity index (χ2n) is 3.97.